The SMILES string of the molecule is Cc1ccnc(Nc2nc(N3CCNCC3)nc3c(C(C)OCCOCC(F)(F)F)nn(CCOCC(F)(F)F)c23)c1. The summed E-state index contributed by atoms with van der Waals surface area (Å²) >= 11 is 0. The minimum absolute atomic E-state index is 0.0692. The van der Waals surface area contributed by atoms with Crippen LogP contribution < -0.4 is 15.5 Å². The highest BCUT2D eigenvalue weighted by Crippen LogP contribution is 2.32. The minimum atomic E-state index is -4.49. The number of aromatic nitrogens is 5. The summed E-state index contributed by atoms with van der Waals surface area (Å²) in [6, 6.07) is 3.63. The summed E-state index contributed by atoms with van der Waals surface area (Å²) in [6.07, 6.45) is -8.08. The lowest BCUT2D eigenvalue weighted by Crippen LogP contribution is -2.44. The molecule has 0 saturated carbocycles. The zero-order valence-corrected chi connectivity index (χ0v) is 23.1. The minimum Gasteiger partial charge on any atom is -0.370 e. The van der Waals surface area contributed by atoms with Gasteiger partial charge >= 0.3 is 12.4 Å². The number of hydrogen-bond acceptors (Lipinski definition) is 10. The molecule has 4 heterocycles. The second-order valence-electron chi connectivity index (χ2n) is 9.61. The molecule has 1 aliphatic rings. The smallest absolute Gasteiger partial charge is 0.370 e. The maximum Gasteiger partial charge on any atom is 0.411 e. The van der Waals surface area contributed by atoms with E-state index < -0.39 is 31.7 Å². The number of alkyl halides is 6. The fourth-order valence-corrected chi connectivity index (χ4v) is 4.24. The molecule has 17 heteroatoms. The maximum absolute atomic E-state index is 12.7. The Bertz CT molecular complexity index is 1310. The standard InChI is InChI=1S/C25H32F6N8O3/c1-16-3-4-33-18(13-16)34-22-21-20(35-23(36-22)38-7-5-32-6-8-38)19(17(2)42-12-11-41-15-25(29,30)31)37-39(21)9-10-40-14-24(26,27)28/h3-4,13,17,32H,5-12,14-15H2,1-2H3,(H,33,34,35,36). The largest absolute Gasteiger partial charge is 0.411 e. The first-order chi connectivity index (χ1) is 19.9. The molecule has 3 aromatic rings. The monoisotopic (exact) mass is 606 g/mol. The summed E-state index contributed by atoms with van der Waals surface area (Å²) in [7, 11) is 0. The molecule has 0 spiro atoms. The summed E-state index contributed by atoms with van der Waals surface area (Å²) in [5, 5.41) is 11.0. The number of aryl methyl sites for hydroxylation is 1. The first-order valence-corrected chi connectivity index (χ1v) is 13.2. The van der Waals surface area contributed by atoms with Gasteiger partial charge in [0.15, 0.2) is 5.82 Å². The lowest BCUT2D eigenvalue weighted by Gasteiger charge is -2.27. The van der Waals surface area contributed by atoms with Gasteiger partial charge in [-0.25, -0.2) is 9.97 Å². The summed E-state index contributed by atoms with van der Waals surface area (Å²) in [6.45, 7) is 2.57. The summed E-state index contributed by atoms with van der Waals surface area (Å²) in [4.78, 5) is 15.8. The summed E-state index contributed by atoms with van der Waals surface area (Å²) < 4.78 is 91.8. The molecule has 1 aliphatic heterocycles. The number of rotatable bonds is 13. The van der Waals surface area contributed by atoms with E-state index in [2.05, 4.69) is 25.5 Å². The van der Waals surface area contributed by atoms with Crippen LogP contribution in [0.15, 0.2) is 18.3 Å². The Morgan fingerprint density at radius 1 is 1.00 bits per heavy atom. The molecule has 1 atom stereocenters. The molecule has 0 amide bonds. The summed E-state index contributed by atoms with van der Waals surface area (Å²) in [5.74, 6) is 1.20. The Morgan fingerprint density at radius 2 is 1.69 bits per heavy atom. The number of ether oxygens (including phenoxy) is 3. The van der Waals surface area contributed by atoms with Gasteiger partial charge in [0.25, 0.3) is 0 Å². The van der Waals surface area contributed by atoms with Crippen molar-refractivity contribution in [2.24, 2.45) is 0 Å². The van der Waals surface area contributed by atoms with E-state index in [0.29, 0.717) is 60.5 Å². The van der Waals surface area contributed by atoms with E-state index in [1.54, 1.807) is 19.2 Å². The maximum atomic E-state index is 12.7. The van der Waals surface area contributed by atoms with Gasteiger partial charge in [-0.2, -0.15) is 36.4 Å². The molecule has 0 bridgehead atoms. The van der Waals surface area contributed by atoms with Crippen LogP contribution in [0.3, 0.4) is 0 Å². The van der Waals surface area contributed by atoms with Crippen molar-refractivity contribution in [3.05, 3.63) is 29.6 Å². The van der Waals surface area contributed by atoms with Crippen molar-refractivity contribution in [1.82, 2.24) is 30.0 Å². The van der Waals surface area contributed by atoms with E-state index in [1.807, 2.05) is 17.9 Å². The Kier molecular flexibility index (Phi) is 10.4. The molecule has 0 aromatic carbocycles. The van der Waals surface area contributed by atoms with Gasteiger partial charge in [-0.05, 0) is 31.5 Å². The summed E-state index contributed by atoms with van der Waals surface area (Å²) in [5.41, 5.74) is 2.01. The van der Waals surface area contributed by atoms with Crippen LogP contribution in [-0.4, -0.2) is 96.3 Å². The van der Waals surface area contributed by atoms with Gasteiger partial charge in [-0.1, -0.05) is 0 Å². The molecule has 2 N–H and O–H groups in total. The second-order valence-corrected chi connectivity index (χ2v) is 9.61. The van der Waals surface area contributed by atoms with Gasteiger partial charge in [0.05, 0.1) is 26.4 Å². The van der Waals surface area contributed by atoms with Crippen molar-refractivity contribution in [2.45, 2.75) is 38.8 Å². The third kappa shape index (κ3) is 9.11. The lowest BCUT2D eigenvalue weighted by molar-refractivity contribution is -0.177. The third-order valence-electron chi connectivity index (χ3n) is 6.12. The molecule has 42 heavy (non-hydrogen) atoms. The van der Waals surface area contributed by atoms with Crippen LogP contribution in [0.1, 0.15) is 24.3 Å². The van der Waals surface area contributed by atoms with Crippen molar-refractivity contribution in [3.63, 3.8) is 0 Å². The lowest BCUT2D eigenvalue weighted by atomic mass is 10.2. The number of nitrogens with one attached hydrogen (secondary N) is 2. The van der Waals surface area contributed by atoms with E-state index in [1.165, 1.54) is 4.68 Å². The second kappa shape index (κ2) is 13.8. The predicted octanol–water partition coefficient (Wildman–Crippen LogP) is 3.92. The first-order valence-electron chi connectivity index (χ1n) is 13.2. The van der Waals surface area contributed by atoms with Gasteiger partial charge in [-0.15, -0.1) is 0 Å². The Morgan fingerprint density at radius 3 is 2.36 bits per heavy atom. The first kappa shape index (κ1) is 31.7. The number of halogens is 6. The molecule has 1 saturated heterocycles. The number of piperazine rings is 1. The van der Waals surface area contributed by atoms with Gasteiger partial charge < -0.3 is 29.7 Å². The molecular weight excluding hydrogens is 574 g/mol. The number of anilines is 3. The van der Waals surface area contributed by atoms with Gasteiger partial charge in [-0.3, -0.25) is 4.68 Å². The average molecular weight is 607 g/mol. The Labute approximate surface area is 237 Å². The Hall–Kier alpha value is -3.28. The predicted molar refractivity (Wildman–Crippen MR) is 141 cm³/mol. The molecule has 1 fully saturated rings. The Balaban J connectivity index is 1.69. The van der Waals surface area contributed by atoms with Crippen LogP contribution in [0.4, 0.5) is 43.9 Å². The highest BCUT2D eigenvalue weighted by Gasteiger charge is 2.29. The number of nitrogens with zero attached hydrogens (tertiary/aromatic N) is 6. The van der Waals surface area contributed by atoms with Crippen molar-refractivity contribution >= 4 is 28.6 Å². The van der Waals surface area contributed by atoms with Crippen LogP contribution in [0.2, 0.25) is 0 Å². The van der Waals surface area contributed by atoms with Crippen LogP contribution in [0, 0.1) is 6.92 Å². The van der Waals surface area contributed by atoms with Crippen LogP contribution >= 0.6 is 0 Å². The van der Waals surface area contributed by atoms with Crippen LogP contribution in [0.25, 0.3) is 11.0 Å². The molecule has 3 aromatic heterocycles. The topological polar surface area (TPSA) is 111 Å². The van der Waals surface area contributed by atoms with Crippen molar-refractivity contribution in [1.29, 1.82) is 0 Å². The van der Waals surface area contributed by atoms with Crippen LogP contribution in [0.5, 0.6) is 0 Å². The fraction of sp³-hybridized carbons (Fsp3) is 0.600. The molecule has 1 unspecified atom stereocenters. The van der Waals surface area contributed by atoms with Crippen molar-refractivity contribution < 1.29 is 40.6 Å². The van der Waals surface area contributed by atoms with E-state index in [0.717, 1.165) is 5.56 Å². The highest BCUT2D eigenvalue weighted by atomic mass is 19.4. The van der Waals surface area contributed by atoms with Crippen molar-refractivity contribution in [3.8, 4) is 0 Å². The van der Waals surface area contributed by atoms with E-state index >= 15 is 0 Å². The zero-order chi connectivity index (χ0) is 30.3. The van der Waals surface area contributed by atoms with Gasteiger partial charge in [0.2, 0.25) is 5.95 Å². The van der Waals surface area contributed by atoms with Gasteiger partial charge in [0, 0.05) is 32.4 Å². The van der Waals surface area contributed by atoms with Crippen molar-refractivity contribution in [2.75, 3.05) is 69.4 Å². The third-order valence-corrected chi connectivity index (χ3v) is 6.12. The molecule has 232 valence electrons. The quantitative estimate of drug-likeness (QED) is 0.219. The van der Waals surface area contributed by atoms with Crippen LogP contribution in [-0.2, 0) is 20.8 Å². The molecule has 4 rings (SSSR count). The molecule has 11 nitrogen and oxygen atoms in total. The zero-order valence-electron chi connectivity index (χ0n) is 23.1. The highest BCUT2D eigenvalue weighted by molar-refractivity contribution is 5.90. The number of pyridine rings is 1. The normalized spacial score (nSPS) is 15.4. The number of hydrogen-bond donors (Lipinski definition) is 2. The number of fused-ring (bicyclic) bond motifs is 1. The average Bonchev–Trinajstić information content (AvgIpc) is 3.29. The molecule has 0 aliphatic carbocycles. The fourth-order valence-electron chi connectivity index (χ4n) is 4.24. The van der Waals surface area contributed by atoms with E-state index in [-0.39, 0.29) is 26.4 Å². The van der Waals surface area contributed by atoms with Gasteiger partial charge in [0.1, 0.15) is 41.9 Å². The van der Waals surface area contributed by atoms with E-state index in [4.69, 9.17) is 19.4 Å². The molecule has 0 radical (unpaired) electrons. The molecular formula is C25H32F6N8O3. The van der Waals surface area contributed by atoms with E-state index in [9.17, 15) is 26.3 Å².